The van der Waals surface area contributed by atoms with Crippen molar-refractivity contribution in [2.24, 2.45) is 10.5 Å². The van der Waals surface area contributed by atoms with Crippen molar-refractivity contribution in [2.45, 2.75) is 50.9 Å². The second-order valence-electron chi connectivity index (χ2n) is 7.56. The second kappa shape index (κ2) is 6.83. The Hall–Kier alpha value is -1.88. The Kier molecular flexibility index (Phi) is 5.51. The van der Waals surface area contributed by atoms with Crippen LogP contribution in [0.1, 0.15) is 37.6 Å². The molecule has 1 aromatic carbocycles. The average molecular weight is 449 g/mol. The van der Waals surface area contributed by atoms with E-state index in [-0.39, 0.29) is 15.6 Å². The van der Waals surface area contributed by atoms with Gasteiger partial charge in [-0.3, -0.25) is 4.79 Å². The Morgan fingerprint density at radius 2 is 1.55 bits per heavy atom. The highest BCUT2D eigenvalue weighted by molar-refractivity contribution is 6.30. The van der Waals surface area contributed by atoms with Gasteiger partial charge in [-0.1, -0.05) is 32.4 Å². The maximum absolute atomic E-state index is 14.2. The van der Waals surface area contributed by atoms with Crippen LogP contribution in [0.25, 0.3) is 0 Å². The van der Waals surface area contributed by atoms with Gasteiger partial charge in [0.1, 0.15) is 5.71 Å². The van der Waals surface area contributed by atoms with Gasteiger partial charge >= 0.3 is 18.0 Å². The summed E-state index contributed by atoms with van der Waals surface area (Å²) in [5.41, 5.74) is -6.19. The zero-order valence-corrected chi connectivity index (χ0v) is 16.0. The maximum Gasteiger partial charge on any atom is 0.460 e. The first-order chi connectivity index (χ1) is 12.9. The summed E-state index contributed by atoms with van der Waals surface area (Å²) in [5, 5.41) is 14.3. The molecular weight excluding hydrogens is 433 g/mol. The van der Waals surface area contributed by atoms with Crippen molar-refractivity contribution in [1.82, 2.24) is 5.01 Å². The van der Waals surface area contributed by atoms with E-state index in [1.54, 1.807) is 0 Å². The highest BCUT2D eigenvalue weighted by Gasteiger charge is 2.76. The van der Waals surface area contributed by atoms with E-state index in [2.05, 4.69) is 5.10 Å². The molecule has 4 nitrogen and oxygen atoms in total. The molecule has 1 atom stereocenters. The number of rotatable bonds is 3. The van der Waals surface area contributed by atoms with Crippen molar-refractivity contribution in [1.29, 1.82) is 0 Å². The zero-order chi connectivity index (χ0) is 22.6. The van der Waals surface area contributed by atoms with E-state index in [1.807, 2.05) is 0 Å². The second-order valence-corrected chi connectivity index (χ2v) is 8.00. The highest BCUT2D eigenvalue weighted by atomic mass is 35.5. The number of amides is 1. The third-order valence-corrected chi connectivity index (χ3v) is 4.83. The molecular formula is C17H16ClF7N2O2. The van der Waals surface area contributed by atoms with Gasteiger partial charge in [0.25, 0.3) is 5.91 Å². The molecule has 0 aromatic heterocycles. The fourth-order valence-electron chi connectivity index (χ4n) is 2.59. The molecule has 0 unspecified atom stereocenters. The largest absolute Gasteiger partial charge is 0.460 e. The Morgan fingerprint density at radius 3 is 1.97 bits per heavy atom. The molecule has 0 saturated carbocycles. The number of hydrogen-bond donors (Lipinski definition) is 1. The summed E-state index contributed by atoms with van der Waals surface area (Å²) < 4.78 is 92.8. The van der Waals surface area contributed by atoms with E-state index in [0.29, 0.717) is 0 Å². The van der Waals surface area contributed by atoms with E-state index >= 15 is 0 Å². The Balaban J connectivity index is 2.59. The number of alkyl halides is 7. The van der Waals surface area contributed by atoms with Crippen LogP contribution in [-0.4, -0.2) is 45.5 Å². The van der Waals surface area contributed by atoms with Crippen molar-refractivity contribution < 1.29 is 40.6 Å². The number of carbonyl (C=O) groups is 1. The third kappa shape index (κ3) is 3.70. The monoisotopic (exact) mass is 448 g/mol. The lowest BCUT2D eigenvalue weighted by Gasteiger charge is -2.41. The number of nitrogens with zero attached hydrogens (tertiary/aromatic N) is 2. The topological polar surface area (TPSA) is 52.9 Å². The lowest BCUT2D eigenvalue weighted by molar-refractivity contribution is -0.336. The average Bonchev–Trinajstić information content (AvgIpc) is 2.93. The van der Waals surface area contributed by atoms with Gasteiger partial charge in [0.15, 0.2) is 5.72 Å². The van der Waals surface area contributed by atoms with Gasteiger partial charge in [0, 0.05) is 22.4 Å². The van der Waals surface area contributed by atoms with Crippen LogP contribution in [0.2, 0.25) is 5.02 Å². The Labute approximate surface area is 165 Å². The van der Waals surface area contributed by atoms with E-state index in [9.17, 15) is 40.6 Å². The van der Waals surface area contributed by atoms with Crippen LogP contribution in [0.5, 0.6) is 0 Å². The minimum atomic E-state index is -6.58. The fraction of sp³-hybridized carbons (Fsp3) is 0.529. The predicted molar refractivity (Wildman–Crippen MR) is 90.0 cm³/mol. The van der Waals surface area contributed by atoms with Gasteiger partial charge in [-0.15, -0.1) is 0 Å². The van der Waals surface area contributed by atoms with Gasteiger partial charge in [0.2, 0.25) is 0 Å². The summed E-state index contributed by atoms with van der Waals surface area (Å²) in [6.45, 7) is 3.86. The molecule has 0 bridgehead atoms. The first-order valence-corrected chi connectivity index (χ1v) is 8.47. The SMILES string of the molecule is CC(C)(C)[C@@]1(O)CC(C(F)(F)C(F)(F)C(F)(F)F)=NN1C(=O)c1ccc(Cl)cc1. The minimum Gasteiger partial charge on any atom is -0.368 e. The molecule has 1 aliphatic heterocycles. The standard InChI is InChI=1S/C17H16ClF7N2O2/c1-13(2,3)14(29)8-11(15(19,20)16(21,22)17(23,24)25)26-27(14)12(28)9-4-6-10(18)7-5-9/h4-7,29H,8H2,1-3H3/t14-/m0/s1. The maximum atomic E-state index is 14.2. The molecule has 1 aromatic rings. The number of benzene rings is 1. The number of carbonyl (C=O) groups excluding carboxylic acids is 1. The van der Waals surface area contributed by atoms with Crippen LogP contribution in [0.15, 0.2) is 29.4 Å². The summed E-state index contributed by atoms with van der Waals surface area (Å²) in [6.07, 6.45) is -7.99. The normalized spacial score (nSPS) is 21.4. The minimum absolute atomic E-state index is 0.117. The quantitative estimate of drug-likeness (QED) is 0.653. The first kappa shape index (κ1) is 23.4. The van der Waals surface area contributed by atoms with Crippen LogP contribution >= 0.6 is 11.6 Å². The molecule has 0 fully saturated rings. The lowest BCUT2D eigenvalue weighted by atomic mass is 9.79. The van der Waals surface area contributed by atoms with Crippen molar-refractivity contribution in [3.05, 3.63) is 34.9 Å². The highest BCUT2D eigenvalue weighted by Crippen LogP contribution is 2.51. The summed E-state index contributed by atoms with van der Waals surface area (Å²) >= 11 is 5.69. The number of aliphatic hydroxyl groups is 1. The van der Waals surface area contributed by atoms with Crippen molar-refractivity contribution >= 4 is 23.2 Å². The molecule has 0 spiro atoms. The Bertz CT molecular complexity index is 832. The van der Waals surface area contributed by atoms with E-state index in [1.165, 1.54) is 32.9 Å². The molecule has 1 heterocycles. The molecule has 1 amide bonds. The van der Waals surface area contributed by atoms with Crippen LogP contribution in [0, 0.1) is 5.41 Å². The molecule has 162 valence electrons. The number of halogens is 8. The lowest BCUT2D eigenvalue weighted by Crippen LogP contribution is -2.58. The van der Waals surface area contributed by atoms with Gasteiger partial charge in [0.05, 0.1) is 0 Å². The third-order valence-electron chi connectivity index (χ3n) is 4.58. The summed E-state index contributed by atoms with van der Waals surface area (Å²) in [6, 6.07) is 4.84. The van der Waals surface area contributed by atoms with Crippen LogP contribution in [0.3, 0.4) is 0 Å². The molecule has 29 heavy (non-hydrogen) atoms. The van der Waals surface area contributed by atoms with Crippen molar-refractivity contribution in [2.75, 3.05) is 0 Å². The van der Waals surface area contributed by atoms with Crippen LogP contribution in [0.4, 0.5) is 30.7 Å². The molecule has 0 aliphatic carbocycles. The zero-order valence-electron chi connectivity index (χ0n) is 15.3. The molecule has 12 heteroatoms. The van der Waals surface area contributed by atoms with Gasteiger partial charge < -0.3 is 5.11 Å². The van der Waals surface area contributed by atoms with Crippen LogP contribution < -0.4 is 0 Å². The molecule has 1 aliphatic rings. The van der Waals surface area contributed by atoms with Crippen molar-refractivity contribution in [3.63, 3.8) is 0 Å². The summed E-state index contributed by atoms with van der Waals surface area (Å²) in [5.74, 6) is -13.4. The summed E-state index contributed by atoms with van der Waals surface area (Å²) in [7, 11) is 0. The number of hydrazone groups is 1. The first-order valence-electron chi connectivity index (χ1n) is 8.09. The van der Waals surface area contributed by atoms with Gasteiger partial charge in [-0.2, -0.15) is 40.8 Å². The van der Waals surface area contributed by atoms with E-state index in [0.717, 1.165) is 12.1 Å². The Morgan fingerprint density at radius 1 is 1.07 bits per heavy atom. The number of hydrogen-bond acceptors (Lipinski definition) is 3. The van der Waals surface area contributed by atoms with E-state index in [4.69, 9.17) is 11.6 Å². The smallest absolute Gasteiger partial charge is 0.368 e. The van der Waals surface area contributed by atoms with Crippen molar-refractivity contribution in [3.8, 4) is 0 Å². The van der Waals surface area contributed by atoms with Gasteiger partial charge in [-0.25, -0.2) is 0 Å². The van der Waals surface area contributed by atoms with E-state index < -0.39 is 47.2 Å². The summed E-state index contributed by atoms with van der Waals surface area (Å²) in [4.78, 5) is 12.7. The molecule has 0 radical (unpaired) electrons. The molecule has 2 rings (SSSR count). The van der Waals surface area contributed by atoms with Gasteiger partial charge in [-0.05, 0) is 24.3 Å². The molecule has 0 saturated heterocycles. The molecule has 1 N–H and O–H groups in total. The van der Waals surface area contributed by atoms with Crippen LogP contribution in [-0.2, 0) is 0 Å². The fourth-order valence-corrected chi connectivity index (χ4v) is 2.72. The predicted octanol–water partition coefficient (Wildman–Crippen LogP) is 5.11.